The Morgan fingerprint density at radius 1 is 1.23 bits per heavy atom. The number of para-hydroxylation sites is 2. The maximum atomic E-state index is 12.0. The molecule has 112 valence electrons. The minimum absolute atomic E-state index is 0.165. The molecular weight excluding hydrogens is 282 g/mol. The Kier molecular flexibility index (Phi) is 3.76. The molecule has 0 aliphatic rings. The number of carbonyl (C=O) groups is 1. The molecule has 6 heteroatoms. The van der Waals surface area contributed by atoms with Gasteiger partial charge in [-0.3, -0.25) is 5.21 Å². The third kappa shape index (κ3) is 2.64. The molecule has 0 aliphatic carbocycles. The second-order valence-corrected chi connectivity index (χ2v) is 4.88. The maximum Gasteiger partial charge on any atom is 0.346 e. The number of anilines is 1. The van der Waals surface area contributed by atoms with E-state index in [0.717, 1.165) is 10.9 Å². The van der Waals surface area contributed by atoms with E-state index in [-0.39, 0.29) is 6.54 Å². The lowest BCUT2D eigenvalue weighted by molar-refractivity contribution is 0.204. The Labute approximate surface area is 126 Å². The number of fused-ring (bicyclic) bond motifs is 1. The van der Waals surface area contributed by atoms with Crippen molar-refractivity contribution < 1.29 is 14.5 Å². The van der Waals surface area contributed by atoms with Crippen LogP contribution in [0, 0.1) is 6.92 Å². The van der Waals surface area contributed by atoms with E-state index >= 15 is 0 Å². The fourth-order valence-corrected chi connectivity index (χ4v) is 2.21. The normalized spacial score (nSPS) is 10.6. The summed E-state index contributed by atoms with van der Waals surface area (Å²) in [4.78, 5) is 12.0. The Hall–Kier alpha value is -2.86. The predicted molar refractivity (Wildman–Crippen MR) is 81.7 cm³/mol. The highest BCUT2D eigenvalue weighted by Crippen LogP contribution is 2.19. The molecule has 2 N–H and O–H groups in total. The summed E-state index contributed by atoms with van der Waals surface area (Å²) in [5.41, 5.74) is 2.51. The van der Waals surface area contributed by atoms with Gasteiger partial charge in [0, 0.05) is 5.39 Å². The van der Waals surface area contributed by atoms with Crippen molar-refractivity contribution in [1.29, 1.82) is 0 Å². The Balaban J connectivity index is 1.71. The molecule has 2 aromatic carbocycles. The Morgan fingerprint density at radius 2 is 1.95 bits per heavy atom. The first-order valence-electron chi connectivity index (χ1n) is 6.82. The minimum Gasteiger partial charge on any atom is -0.356 e. The zero-order valence-corrected chi connectivity index (χ0v) is 12.0. The maximum absolute atomic E-state index is 12.0. The van der Waals surface area contributed by atoms with Crippen LogP contribution in [0.2, 0.25) is 0 Å². The number of nitrogens with one attached hydrogen (secondary N) is 1. The van der Waals surface area contributed by atoms with E-state index in [1.807, 2.05) is 37.3 Å². The molecule has 22 heavy (non-hydrogen) atoms. The van der Waals surface area contributed by atoms with Crippen molar-refractivity contribution >= 4 is 22.7 Å². The number of aryl methyl sites for hydroxylation is 1. The lowest BCUT2D eigenvalue weighted by Crippen LogP contribution is -2.37. The van der Waals surface area contributed by atoms with Gasteiger partial charge in [0.05, 0.1) is 12.2 Å². The molecule has 0 fully saturated rings. The second kappa shape index (κ2) is 5.87. The molecule has 0 aliphatic heterocycles. The van der Waals surface area contributed by atoms with Crippen LogP contribution < -0.4 is 10.4 Å². The molecule has 1 heterocycles. The Bertz CT molecular complexity index is 813. The van der Waals surface area contributed by atoms with Gasteiger partial charge < -0.3 is 9.84 Å². The second-order valence-electron chi connectivity index (χ2n) is 4.88. The van der Waals surface area contributed by atoms with Gasteiger partial charge in [-0.1, -0.05) is 35.5 Å². The van der Waals surface area contributed by atoms with E-state index in [4.69, 9.17) is 4.52 Å². The van der Waals surface area contributed by atoms with Crippen LogP contribution in [0.15, 0.2) is 53.1 Å². The lowest BCUT2D eigenvalue weighted by Gasteiger charge is -2.17. The number of amides is 2. The smallest absolute Gasteiger partial charge is 0.346 e. The number of nitrogens with zero attached hydrogens (tertiary/aromatic N) is 2. The summed E-state index contributed by atoms with van der Waals surface area (Å²) >= 11 is 0. The van der Waals surface area contributed by atoms with Crippen molar-refractivity contribution in [2.24, 2.45) is 0 Å². The van der Waals surface area contributed by atoms with Gasteiger partial charge in [0.25, 0.3) is 0 Å². The first-order chi connectivity index (χ1) is 10.7. The van der Waals surface area contributed by atoms with Crippen LogP contribution in [-0.4, -0.2) is 16.4 Å². The summed E-state index contributed by atoms with van der Waals surface area (Å²) in [6.07, 6.45) is 0. The molecular formula is C16H15N3O3. The van der Waals surface area contributed by atoms with Crippen LogP contribution >= 0.6 is 0 Å². The van der Waals surface area contributed by atoms with Gasteiger partial charge in [0.1, 0.15) is 5.69 Å². The third-order valence-corrected chi connectivity index (χ3v) is 3.40. The number of benzene rings is 2. The first-order valence-corrected chi connectivity index (χ1v) is 6.82. The van der Waals surface area contributed by atoms with Gasteiger partial charge in [0.2, 0.25) is 0 Å². The largest absolute Gasteiger partial charge is 0.356 e. The van der Waals surface area contributed by atoms with Crippen molar-refractivity contribution in [3.05, 3.63) is 59.8 Å². The van der Waals surface area contributed by atoms with Crippen molar-refractivity contribution in [2.75, 3.05) is 5.06 Å². The molecule has 0 saturated carbocycles. The van der Waals surface area contributed by atoms with Crippen LogP contribution in [0.25, 0.3) is 11.0 Å². The topological polar surface area (TPSA) is 78.6 Å². The molecule has 1 aromatic heterocycles. The molecule has 0 saturated heterocycles. The quantitative estimate of drug-likeness (QED) is 0.574. The highest BCUT2D eigenvalue weighted by molar-refractivity contribution is 5.90. The molecule has 6 nitrogen and oxygen atoms in total. The standard InChI is InChI=1S/C16H15N3O3/c1-11-6-2-4-8-14(11)19(21)16(20)17-10-13-12-7-3-5-9-15(12)22-18-13/h2-9,21H,10H2,1H3,(H,17,20). The van der Waals surface area contributed by atoms with Crippen LogP contribution in [0.3, 0.4) is 0 Å². The van der Waals surface area contributed by atoms with E-state index in [1.54, 1.807) is 18.2 Å². The summed E-state index contributed by atoms with van der Waals surface area (Å²) in [6.45, 7) is 1.98. The zero-order chi connectivity index (χ0) is 15.5. The van der Waals surface area contributed by atoms with E-state index < -0.39 is 6.03 Å². The zero-order valence-electron chi connectivity index (χ0n) is 12.0. The van der Waals surface area contributed by atoms with E-state index in [9.17, 15) is 10.0 Å². The van der Waals surface area contributed by atoms with E-state index in [1.165, 1.54) is 0 Å². The molecule has 0 spiro atoms. The van der Waals surface area contributed by atoms with E-state index in [2.05, 4.69) is 10.5 Å². The fourth-order valence-electron chi connectivity index (χ4n) is 2.21. The van der Waals surface area contributed by atoms with Gasteiger partial charge in [-0.05, 0) is 30.7 Å². The van der Waals surface area contributed by atoms with Crippen molar-refractivity contribution in [3.63, 3.8) is 0 Å². The summed E-state index contributed by atoms with van der Waals surface area (Å²) in [5.74, 6) is 0. The van der Waals surface area contributed by atoms with Gasteiger partial charge in [-0.15, -0.1) is 0 Å². The lowest BCUT2D eigenvalue weighted by atomic mass is 10.2. The van der Waals surface area contributed by atoms with Crippen LogP contribution in [0.4, 0.5) is 10.5 Å². The molecule has 0 radical (unpaired) electrons. The third-order valence-electron chi connectivity index (χ3n) is 3.40. The molecule has 0 atom stereocenters. The molecule has 0 unspecified atom stereocenters. The molecule has 3 aromatic rings. The summed E-state index contributed by atoms with van der Waals surface area (Å²) in [6, 6.07) is 13.8. The summed E-state index contributed by atoms with van der Waals surface area (Å²) in [7, 11) is 0. The van der Waals surface area contributed by atoms with Crippen molar-refractivity contribution in [1.82, 2.24) is 10.5 Å². The van der Waals surface area contributed by atoms with E-state index in [0.29, 0.717) is 22.0 Å². The predicted octanol–water partition coefficient (Wildman–Crippen LogP) is 3.24. The van der Waals surface area contributed by atoms with Gasteiger partial charge in [0.15, 0.2) is 5.58 Å². The number of carbonyl (C=O) groups excluding carboxylic acids is 1. The van der Waals surface area contributed by atoms with Gasteiger partial charge >= 0.3 is 6.03 Å². The monoisotopic (exact) mass is 297 g/mol. The SMILES string of the molecule is Cc1ccccc1N(O)C(=O)NCc1noc2ccccc12. The summed E-state index contributed by atoms with van der Waals surface area (Å²) < 4.78 is 5.17. The average molecular weight is 297 g/mol. The number of rotatable bonds is 3. The molecule has 0 bridgehead atoms. The van der Waals surface area contributed by atoms with Crippen molar-refractivity contribution in [3.8, 4) is 0 Å². The van der Waals surface area contributed by atoms with Gasteiger partial charge in [-0.25, -0.2) is 4.79 Å². The number of hydrogen-bond acceptors (Lipinski definition) is 4. The van der Waals surface area contributed by atoms with Crippen LogP contribution in [-0.2, 0) is 6.54 Å². The average Bonchev–Trinajstić information content (AvgIpc) is 2.95. The number of hydrogen-bond donors (Lipinski definition) is 2. The first kappa shape index (κ1) is 14.1. The Morgan fingerprint density at radius 3 is 2.77 bits per heavy atom. The highest BCUT2D eigenvalue weighted by Gasteiger charge is 2.16. The molecule has 3 rings (SSSR count). The van der Waals surface area contributed by atoms with Crippen LogP contribution in [0.5, 0.6) is 0 Å². The highest BCUT2D eigenvalue weighted by atomic mass is 16.5. The van der Waals surface area contributed by atoms with Gasteiger partial charge in [-0.2, -0.15) is 5.06 Å². The molecule has 2 amide bonds. The fraction of sp³-hybridized carbons (Fsp3) is 0.125. The number of aromatic nitrogens is 1. The number of hydroxylamine groups is 1. The number of urea groups is 1. The van der Waals surface area contributed by atoms with Crippen LogP contribution in [0.1, 0.15) is 11.3 Å². The van der Waals surface area contributed by atoms with Crippen molar-refractivity contribution in [2.45, 2.75) is 13.5 Å². The summed E-state index contributed by atoms with van der Waals surface area (Å²) in [5, 5.41) is 18.0. The minimum atomic E-state index is -0.624.